The van der Waals surface area contributed by atoms with Crippen LogP contribution < -0.4 is 4.90 Å². The number of anilines is 1. The van der Waals surface area contributed by atoms with Crippen LogP contribution in [0.3, 0.4) is 0 Å². The molecule has 0 spiro atoms. The summed E-state index contributed by atoms with van der Waals surface area (Å²) in [5.41, 5.74) is 0.931. The lowest BCUT2D eigenvalue weighted by Crippen LogP contribution is -2.47. The van der Waals surface area contributed by atoms with Crippen LogP contribution in [0.2, 0.25) is 0 Å². The molecule has 1 N–H and O–H groups in total. The zero-order chi connectivity index (χ0) is 16.9. The average molecular weight is 328 g/mol. The number of aromatic nitrogens is 1. The fourth-order valence-electron chi connectivity index (χ4n) is 2.86. The summed E-state index contributed by atoms with van der Waals surface area (Å²) in [6, 6.07) is 12.8. The van der Waals surface area contributed by atoms with Gasteiger partial charge in [0.05, 0.1) is 11.0 Å². The number of β-amino-alcohol motifs (C(OH)–C–C–N with tert-alkyl or cyclic N) is 1. The highest BCUT2D eigenvalue weighted by Crippen LogP contribution is 2.19. The lowest BCUT2D eigenvalue weighted by molar-refractivity contribution is -0.385. The fourth-order valence-corrected chi connectivity index (χ4v) is 2.86. The first-order valence-electron chi connectivity index (χ1n) is 7.94. The fraction of sp³-hybridized carbons (Fsp3) is 0.353. The Hall–Kier alpha value is -2.51. The Kier molecular flexibility index (Phi) is 5.02. The number of aliphatic hydroxyl groups excluding tert-OH is 1. The monoisotopic (exact) mass is 328 g/mol. The molecule has 0 bridgehead atoms. The second-order valence-corrected chi connectivity index (χ2v) is 5.85. The number of benzene rings is 1. The van der Waals surface area contributed by atoms with E-state index >= 15 is 0 Å². The lowest BCUT2D eigenvalue weighted by Gasteiger charge is -2.36. The smallest absolute Gasteiger partial charge is 0.287 e. The van der Waals surface area contributed by atoms with Gasteiger partial charge in [0, 0.05) is 38.8 Å². The van der Waals surface area contributed by atoms with Crippen molar-refractivity contribution >= 4 is 11.5 Å². The molecule has 1 aromatic carbocycles. The van der Waals surface area contributed by atoms with Gasteiger partial charge in [0.2, 0.25) is 0 Å². The largest absolute Gasteiger partial charge is 0.387 e. The van der Waals surface area contributed by atoms with Gasteiger partial charge >= 0.3 is 0 Å². The topological polar surface area (TPSA) is 82.7 Å². The van der Waals surface area contributed by atoms with Gasteiger partial charge < -0.3 is 10.0 Å². The van der Waals surface area contributed by atoms with Crippen LogP contribution in [0.4, 0.5) is 11.5 Å². The van der Waals surface area contributed by atoms with Gasteiger partial charge in [-0.15, -0.1) is 0 Å². The summed E-state index contributed by atoms with van der Waals surface area (Å²) in [6.45, 7) is 3.81. The quantitative estimate of drug-likeness (QED) is 0.666. The summed E-state index contributed by atoms with van der Waals surface area (Å²) in [5, 5.41) is 21.0. The van der Waals surface area contributed by atoms with Crippen LogP contribution in [0, 0.1) is 10.1 Å². The van der Waals surface area contributed by atoms with E-state index in [1.54, 1.807) is 6.07 Å². The van der Waals surface area contributed by atoms with E-state index in [9.17, 15) is 15.2 Å². The van der Waals surface area contributed by atoms with Gasteiger partial charge in [0.15, 0.2) is 0 Å². The third-order valence-electron chi connectivity index (χ3n) is 4.25. The average Bonchev–Trinajstić information content (AvgIpc) is 2.63. The highest BCUT2D eigenvalue weighted by molar-refractivity contribution is 5.43. The molecule has 7 nitrogen and oxygen atoms in total. The molecule has 0 saturated carbocycles. The summed E-state index contributed by atoms with van der Waals surface area (Å²) in [6.07, 6.45) is 0.802. The van der Waals surface area contributed by atoms with Crippen molar-refractivity contribution in [2.45, 2.75) is 6.10 Å². The molecule has 1 saturated heterocycles. The molecule has 2 aromatic rings. The van der Waals surface area contributed by atoms with Crippen LogP contribution in [0.25, 0.3) is 0 Å². The van der Waals surface area contributed by atoms with Crippen molar-refractivity contribution in [1.82, 2.24) is 9.88 Å². The van der Waals surface area contributed by atoms with Crippen molar-refractivity contribution in [1.29, 1.82) is 0 Å². The highest BCUT2D eigenvalue weighted by Gasteiger charge is 2.21. The van der Waals surface area contributed by atoms with Gasteiger partial charge in [-0.05, 0) is 11.6 Å². The van der Waals surface area contributed by atoms with Crippen LogP contribution in [-0.2, 0) is 0 Å². The number of hydrogen-bond donors (Lipinski definition) is 1. The number of hydrogen-bond acceptors (Lipinski definition) is 6. The molecule has 1 unspecified atom stereocenters. The molecule has 126 valence electrons. The van der Waals surface area contributed by atoms with E-state index in [4.69, 9.17) is 0 Å². The maximum atomic E-state index is 10.7. The van der Waals surface area contributed by atoms with Crippen LogP contribution in [0.15, 0.2) is 48.7 Å². The van der Waals surface area contributed by atoms with Gasteiger partial charge in [0.1, 0.15) is 12.0 Å². The lowest BCUT2D eigenvalue weighted by atomic mass is 10.1. The third kappa shape index (κ3) is 3.87. The van der Waals surface area contributed by atoms with E-state index in [1.807, 2.05) is 30.3 Å². The van der Waals surface area contributed by atoms with Crippen molar-refractivity contribution in [2.24, 2.45) is 0 Å². The number of nitrogens with zero attached hydrogens (tertiary/aromatic N) is 4. The Balaban J connectivity index is 1.53. The first-order valence-corrected chi connectivity index (χ1v) is 7.94. The molecule has 1 atom stereocenters. The minimum atomic E-state index is -0.491. The number of aliphatic hydroxyl groups is 1. The first kappa shape index (κ1) is 16.4. The van der Waals surface area contributed by atoms with Crippen LogP contribution >= 0.6 is 0 Å². The van der Waals surface area contributed by atoms with Crippen LogP contribution in [0.5, 0.6) is 0 Å². The molecule has 1 fully saturated rings. The predicted octanol–water partition coefficient (Wildman–Crippen LogP) is 1.85. The summed E-state index contributed by atoms with van der Waals surface area (Å²) in [7, 11) is 0. The Labute approximate surface area is 140 Å². The van der Waals surface area contributed by atoms with Gasteiger partial charge in [-0.25, -0.2) is 4.98 Å². The van der Waals surface area contributed by atoms with Crippen molar-refractivity contribution in [3.8, 4) is 0 Å². The van der Waals surface area contributed by atoms with E-state index in [2.05, 4.69) is 14.8 Å². The molecule has 1 aromatic heterocycles. The van der Waals surface area contributed by atoms with Crippen molar-refractivity contribution in [3.63, 3.8) is 0 Å². The van der Waals surface area contributed by atoms with Crippen molar-refractivity contribution in [2.75, 3.05) is 37.6 Å². The zero-order valence-electron chi connectivity index (χ0n) is 13.3. The Bertz CT molecular complexity index is 670. The molecule has 0 radical (unpaired) electrons. The molecule has 2 heterocycles. The van der Waals surface area contributed by atoms with Crippen molar-refractivity contribution < 1.29 is 10.0 Å². The van der Waals surface area contributed by atoms with E-state index in [0.717, 1.165) is 37.6 Å². The Morgan fingerprint density at radius 3 is 2.42 bits per heavy atom. The Morgan fingerprint density at radius 2 is 1.83 bits per heavy atom. The molecule has 24 heavy (non-hydrogen) atoms. The Morgan fingerprint density at radius 1 is 1.12 bits per heavy atom. The standard InChI is InChI=1S/C17H20N4O3/c22-16(14-4-2-1-3-5-14)13-19-8-10-20(11-9-19)17-7-6-15(12-18-17)21(23)24/h1-7,12,16,22H,8-11,13H2. The minimum Gasteiger partial charge on any atom is -0.387 e. The summed E-state index contributed by atoms with van der Waals surface area (Å²) < 4.78 is 0. The summed E-state index contributed by atoms with van der Waals surface area (Å²) in [5.74, 6) is 0.754. The second kappa shape index (κ2) is 7.37. The molecule has 3 rings (SSSR count). The molecular formula is C17H20N4O3. The molecule has 1 aliphatic heterocycles. The van der Waals surface area contributed by atoms with Gasteiger partial charge in [-0.1, -0.05) is 30.3 Å². The molecule has 7 heteroatoms. The normalized spacial score (nSPS) is 16.8. The zero-order valence-corrected chi connectivity index (χ0v) is 13.3. The summed E-state index contributed by atoms with van der Waals surface area (Å²) >= 11 is 0. The molecule has 1 aliphatic rings. The van der Waals surface area contributed by atoms with E-state index in [-0.39, 0.29) is 5.69 Å². The molecule has 0 aliphatic carbocycles. The molecule has 0 amide bonds. The van der Waals surface area contributed by atoms with E-state index < -0.39 is 11.0 Å². The van der Waals surface area contributed by atoms with Gasteiger partial charge in [-0.3, -0.25) is 15.0 Å². The predicted molar refractivity (Wildman–Crippen MR) is 90.9 cm³/mol. The van der Waals surface area contributed by atoms with Gasteiger partial charge in [0.25, 0.3) is 5.69 Å². The van der Waals surface area contributed by atoms with E-state index in [1.165, 1.54) is 12.3 Å². The third-order valence-corrected chi connectivity index (χ3v) is 4.25. The number of nitro groups is 1. The number of piperazine rings is 1. The number of rotatable bonds is 5. The van der Waals surface area contributed by atoms with E-state index in [0.29, 0.717) is 6.54 Å². The van der Waals surface area contributed by atoms with Crippen LogP contribution in [0.1, 0.15) is 11.7 Å². The number of pyridine rings is 1. The second-order valence-electron chi connectivity index (χ2n) is 5.85. The minimum absolute atomic E-state index is 0.00312. The van der Waals surface area contributed by atoms with Crippen LogP contribution in [-0.4, -0.2) is 52.6 Å². The molecular weight excluding hydrogens is 308 g/mol. The van der Waals surface area contributed by atoms with Gasteiger partial charge in [-0.2, -0.15) is 0 Å². The van der Waals surface area contributed by atoms with Crippen molar-refractivity contribution in [3.05, 3.63) is 64.3 Å². The SMILES string of the molecule is O=[N+]([O-])c1ccc(N2CCN(CC(O)c3ccccc3)CC2)nc1. The maximum Gasteiger partial charge on any atom is 0.287 e. The highest BCUT2D eigenvalue weighted by atomic mass is 16.6. The summed E-state index contributed by atoms with van der Waals surface area (Å²) in [4.78, 5) is 18.7. The first-order chi connectivity index (χ1) is 11.6. The maximum absolute atomic E-state index is 10.7.